The molecule has 0 aromatic carbocycles. The van der Waals surface area contributed by atoms with E-state index in [1.165, 1.54) is 6.92 Å². The zero-order chi connectivity index (χ0) is 22.9. The second-order valence-corrected chi connectivity index (χ2v) is 9.06. The van der Waals surface area contributed by atoms with Crippen LogP contribution in [0.2, 0.25) is 0 Å². The van der Waals surface area contributed by atoms with Crippen LogP contribution >= 0.6 is 0 Å². The Balaban J connectivity index is 1.68. The fourth-order valence-corrected chi connectivity index (χ4v) is 4.62. The molecular formula is C19H38N4O8. The third-order valence-electron chi connectivity index (χ3n) is 6.47. The standard InChI is InChI=1S/C19H38N4O8/c1-19(27)7-28-18(13(26)16(19)23-2)31-15-11(24)5-10(22)14(12(15)25)30-17-9(21)4-3-8(6-20)29-17/h8-18,23-27H,3-7,20-22H2,1-2H3. The Bertz CT molecular complexity index is 587. The average molecular weight is 451 g/mol. The van der Waals surface area contributed by atoms with Gasteiger partial charge in [0.2, 0.25) is 0 Å². The van der Waals surface area contributed by atoms with Crippen LogP contribution in [0.3, 0.4) is 0 Å². The summed E-state index contributed by atoms with van der Waals surface area (Å²) >= 11 is 0. The first-order valence-electron chi connectivity index (χ1n) is 10.8. The molecule has 3 fully saturated rings. The number of nitrogens with one attached hydrogen (secondary N) is 1. The molecule has 11 N–H and O–H groups in total. The molecule has 0 aromatic rings. The average Bonchev–Trinajstić information content (AvgIpc) is 2.71. The van der Waals surface area contributed by atoms with Crippen LogP contribution in [0, 0.1) is 0 Å². The van der Waals surface area contributed by atoms with Crippen LogP contribution in [-0.2, 0) is 18.9 Å². The molecule has 2 saturated heterocycles. The lowest BCUT2D eigenvalue weighted by molar-refractivity contribution is -0.316. The maximum absolute atomic E-state index is 10.9. The van der Waals surface area contributed by atoms with Crippen LogP contribution in [0.25, 0.3) is 0 Å². The lowest BCUT2D eigenvalue weighted by Crippen LogP contribution is -2.67. The van der Waals surface area contributed by atoms with Gasteiger partial charge in [-0.15, -0.1) is 0 Å². The van der Waals surface area contributed by atoms with Crippen molar-refractivity contribution in [3.63, 3.8) is 0 Å². The number of rotatable bonds is 6. The predicted octanol–water partition coefficient (Wildman–Crippen LogP) is -3.94. The highest BCUT2D eigenvalue weighted by atomic mass is 16.7. The van der Waals surface area contributed by atoms with Gasteiger partial charge in [-0.3, -0.25) is 0 Å². The largest absolute Gasteiger partial charge is 0.390 e. The Morgan fingerprint density at radius 3 is 2.35 bits per heavy atom. The highest BCUT2D eigenvalue weighted by Crippen LogP contribution is 2.31. The molecule has 0 amide bonds. The summed E-state index contributed by atoms with van der Waals surface area (Å²) in [4.78, 5) is 0. The first-order valence-corrected chi connectivity index (χ1v) is 10.8. The number of aliphatic hydroxyl groups excluding tert-OH is 3. The summed E-state index contributed by atoms with van der Waals surface area (Å²) in [5.74, 6) is 0. The Kier molecular flexibility index (Phi) is 8.27. The predicted molar refractivity (Wildman–Crippen MR) is 108 cm³/mol. The minimum Gasteiger partial charge on any atom is -0.390 e. The molecule has 182 valence electrons. The van der Waals surface area contributed by atoms with E-state index in [4.69, 9.17) is 36.1 Å². The van der Waals surface area contributed by atoms with Gasteiger partial charge in [-0.25, -0.2) is 0 Å². The Morgan fingerprint density at radius 2 is 1.71 bits per heavy atom. The van der Waals surface area contributed by atoms with E-state index in [2.05, 4.69) is 5.32 Å². The van der Waals surface area contributed by atoms with Crippen LogP contribution in [0.15, 0.2) is 0 Å². The normalized spacial score (nSPS) is 51.6. The summed E-state index contributed by atoms with van der Waals surface area (Å²) in [6.07, 6.45) is -6.49. The van der Waals surface area contributed by atoms with E-state index < -0.39 is 66.8 Å². The Morgan fingerprint density at radius 1 is 1.03 bits per heavy atom. The number of hydrogen-bond acceptors (Lipinski definition) is 12. The molecule has 0 radical (unpaired) electrons. The molecule has 2 aliphatic heterocycles. The molecule has 0 spiro atoms. The van der Waals surface area contributed by atoms with Gasteiger partial charge in [-0.2, -0.15) is 0 Å². The molecule has 12 atom stereocenters. The Hall–Kier alpha value is -0.480. The van der Waals surface area contributed by atoms with E-state index in [0.717, 1.165) is 0 Å². The second kappa shape index (κ2) is 10.2. The lowest BCUT2D eigenvalue weighted by Gasteiger charge is -2.48. The topological polar surface area (TPSA) is 208 Å². The summed E-state index contributed by atoms with van der Waals surface area (Å²) < 4.78 is 23.0. The van der Waals surface area contributed by atoms with Crippen molar-refractivity contribution in [1.82, 2.24) is 5.32 Å². The van der Waals surface area contributed by atoms with Gasteiger partial charge >= 0.3 is 0 Å². The van der Waals surface area contributed by atoms with Crippen molar-refractivity contribution in [2.75, 3.05) is 20.2 Å². The molecular weight excluding hydrogens is 412 g/mol. The molecule has 0 bridgehead atoms. The van der Waals surface area contributed by atoms with Gasteiger partial charge in [0.1, 0.15) is 30.0 Å². The quantitative estimate of drug-likeness (QED) is 0.195. The molecule has 3 aliphatic rings. The molecule has 1 saturated carbocycles. The van der Waals surface area contributed by atoms with Crippen molar-refractivity contribution in [3.8, 4) is 0 Å². The summed E-state index contributed by atoms with van der Waals surface area (Å²) in [6.45, 7) is 1.75. The fraction of sp³-hybridized carbons (Fsp3) is 1.00. The van der Waals surface area contributed by atoms with Gasteiger partial charge < -0.3 is 61.9 Å². The van der Waals surface area contributed by atoms with Crippen molar-refractivity contribution >= 4 is 0 Å². The van der Waals surface area contributed by atoms with Gasteiger partial charge in [0.25, 0.3) is 0 Å². The third kappa shape index (κ3) is 5.37. The summed E-state index contributed by atoms with van der Waals surface area (Å²) in [7, 11) is 1.60. The molecule has 31 heavy (non-hydrogen) atoms. The van der Waals surface area contributed by atoms with Gasteiger partial charge in [0.15, 0.2) is 12.6 Å². The van der Waals surface area contributed by atoms with Gasteiger partial charge in [-0.05, 0) is 33.2 Å². The minimum absolute atomic E-state index is 0.0880. The first-order chi connectivity index (χ1) is 14.6. The maximum Gasteiger partial charge on any atom is 0.185 e. The molecule has 3 rings (SSSR count). The third-order valence-corrected chi connectivity index (χ3v) is 6.47. The molecule has 12 unspecified atom stereocenters. The summed E-state index contributed by atoms with van der Waals surface area (Å²) in [5.41, 5.74) is 16.6. The van der Waals surface area contributed by atoms with E-state index in [9.17, 15) is 20.4 Å². The van der Waals surface area contributed by atoms with Crippen LogP contribution in [0.4, 0.5) is 0 Å². The number of ether oxygens (including phenoxy) is 4. The van der Waals surface area contributed by atoms with Crippen molar-refractivity contribution in [3.05, 3.63) is 0 Å². The monoisotopic (exact) mass is 450 g/mol. The smallest absolute Gasteiger partial charge is 0.185 e. The van der Waals surface area contributed by atoms with Crippen molar-refractivity contribution in [2.45, 2.75) is 99.1 Å². The SMILES string of the molecule is CNC1C(O)C(OC2C(O)CC(N)C(OC3OC(CN)CCC3N)C2O)OCC1(C)O. The van der Waals surface area contributed by atoms with Gasteiger partial charge in [0, 0.05) is 12.6 Å². The van der Waals surface area contributed by atoms with Crippen LogP contribution in [-0.4, -0.2) is 114 Å². The van der Waals surface area contributed by atoms with Crippen molar-refractivity contribution in [1.29, 1.82) is 0 Å². The first kappa shape index (κ1) is 25.1. The summed E-state index contributed by atoms with van der Waals surface area (Å²) in [6, 6.07) is -1.84. The van der Waals surface area contributed by atoms with E-state index in [0.29, 0.717) is 19.4 Å². The molecule has 2 heterocycles. The minimum atomic E-state index is -1.33. The lowest BCUT2D eigenvalue weighted by atomic mass is 9.85. The fourth-order valence-electron chi connectivity index (χ4n) is 4.62. The Labute approximate surface area is 181 Å². The summed E-state index contributed by atoms with van der Waals surface area (Å²) in [5, 5.41) is 45.3. The van der Waals surface area contributed by atoms with Gasteiger partial charge in [0.05, 0.1) is 30.9 Å². The van der Waals surface area contributed by atoms with Crippen molar-refractivity contribution < 1.29 is 39.4 Å². The highest BCUT2D eigenvalue weighted by molar-refractivity contribution is 5.00. The van der Waals surface area contributed by atoms with Crippen LogP contribution < -0.4 is 22.5 Å². The molecule has 12 nitrogen and oxygen atoms in total. The molecule has 1 aliphatic carbocycles. The molecule has 0 aromatic heterocycles. The number of nitrogens with two attached hydrogens (primary N) is 3. The van der Waals surface area contributed by atoms with Crippen molar-refractivity contribution in [2.24, 2.45) is 17.2 Å². The zero-order valence-corrected chi connectivity index (χ0v) is 18.0. The zero-order valence-electron chi connectivity index (χ0n) is 18.0. The van der Waals surface area contributed by atoms with Crippen LogP contribution in [0.5, 0.6) is 0 Å². The van der Waals surface area contributed by atoms with E-state index in [1.54, 1.807) is 7.05 Å². The number of likely N-dealkylation sites (N-methyl/N-ethyl adjacent to an activating group) is 1. The number of aliphatic hydroxyl groups is 4. The highest BCUT2D eigenvalue weighted by Gasteiger charge is 2.51. The van der Waals surface area contributed by atoms with E-state index >= 15 is 0 Å². The van der Waals surface area contributed by atoms with Gasteiger partial charge in [-0.1, -0.05) is 0 Å². The maximum atomic E-state index is 10.9. The van der Waals surface area contributed by atoms with Crippen LogP contribution in [0.1, 0.15) is 26.2 Å². The van der Waals surface area contributed by atoms with E-state index in [1.807, 2.05) is 0 Å². The molecule has 12 heteroatoms. The number of hydrogen-bond donors (Lipinski definition) is 8. The second-order valence-electron chi connectivity index (χ2n) is 9.06. The van der Waals surface area contributed by atoms with E-state index in [-0.39, 0.29) is 19.1 Å².